The third-order valence-electron chi connectivity index (χ3n) is 7.42. The van der Waals surface area contributed by atoms with E-state index in [2.05, 4.69) is 11.0 Å². The molecule has 46 heavy (non-hydrogen) atoms. The van der Waals surface area contributed by atoms with Gasteiger partial charge >= 0.3 is 24.4 Å². The summed E-state index contributed by atoms with van der Waals surface area (Å²) >= 11 is 4.22. The number of ether oxygens (including phenoxy) is 2. The van der Waals surface area contributed by atoms with Gasteiger partial charge in [0.2, 0.25) is 0 Å². The zero-order valence-corrected chi connectivity index (χ0v) is 31.6. The molecule has 266 valence electrons. The average molecular weight is 729 g/mol. The lowest BCUT2D eigenvalue weighted by Gasteiger charge is -2.48. The number of carbonyl (C=O) groups excluding carboxylic acids is 4. The molecular weight excluding hydrogens is 677 g/mol. The van der Waals surface area contributed by atoms with Gasteiger partial charge in [-0.15, -0.1) is 34.5 Å². The van der Waals surface area contributed by atoms with Gasteiger partial charge in [-0.2, -0.15) is 0 Å². The van der Waals surface area contributed by atoms with Crippen LogP contribution in [-0.4, -0.2) is 95.8 Å². The molecular formula is C28H52N6O8S4. The van der Waals surface area contributed by atoms with Gasteiger partial charge in [-0.25, -0.2) is 36.4 Å². The smallest absolute Gasteiger partial charge is 0.402 e. The van der Waals surface area contributed by atoms with E-state index in [4.69, 9.17) is 19.1 Å². The summed E-state index contributed by atoms with van der Waals surface area (Å²) < 4.78 is 18.1. The number of hydroxylamine groups is 2. The molecule has 0 bridgehead atoms. The lowest BCUT2D eigenvalue weighted by Crippen LogP contribution is -2.67. The first-order valence-electron chi connectivity index (χ1n) is 15.8. The Morgan fingerprint density at radius 1 is 0.630 bits per heavy atom. The van der Waals surface area contributed by atoms with Crippen molar-refractivity contribution in [3.8, 4) is 0 Å². The zero-order chi connectivity index (χ0) is 34.4. The molecule has 2 aliphatic heterocycles. The molecule has 0 radical (unpaired) electrons. The van der Waals surface area contributed by atoms with Crippen LogP contribution in [0, 0.1) is 0 Å². The Kier molecular flexibility index (Phi) is 17.1. The fraction of sp³-hybridized carbons (Fsp3) is 0.857. The molecule has 0 aromatic heterocycles. The summed E-state index contributed by atoms with van der Waals surface area (Å²) in [5, 5.41) is 0. The van der Waals surface area contributed by atoms with Crippen molar-refractivity contribution >= 4 is 72.2 Å². The SMILES string of the molecule is CCCCN1SN(CCCC)C(=O)OC2(CC(C)(SC)NOC1=O)OC(=O)N(CCCC)SN(CCCC)C(=O)ONC2(C)SC. The number of hydrogen-bond donors (Lipinski definition) is 2. The fourth-order valence-corrected chi connectivity index (χ4v) is 7.00. The Bertz CT molecular complexity index is 1020. The van der Waals surface area contributed by atoms with Gasteiger partial charge in [0.15, 0.2) is 4.87 Å². The third-order valence-corrected chi connectivity index (χ3v) is 11.9. The van der Waals surface area contributed by atoms with Crippen molar-refractivity contribution in [3.05, 3.63) is 0 Å². The lowest BCUT2D eigenvalue weighted by atomic mass is 9.99. The first kappa shape index (κ1) is 40.6. The van der Waals surface area contributed by atoms with E-state index < -0.39 is 39.9 Å². The quantitative estimate of drug-likeness (QED) is 0.136. The van der Waals surface area contributed by atoms with Gasteiger partial charge in [0, 0.05) is 26.2 Å². The van der Waals surface area contributed by atoms with E-state index in [-0.39, 0.29) is 19.5 Å². The first-order valence-corrected chi connectivity index (χ1v) is 19.8. The number of rotatable bonds is 14. The highest BCUT2D eigenvalue weighted by atomic mass is 32.2. The summed E-state index contributed by atoms with van der Waals surface area (Å²) in [6, 6.07) is 0. The van der Waals surface area contributed by atoms with Gasteiger partial charge in [-0.1, -0.05) is 53.4 Å². The van der Waals surface area contributed by atoms with Crippen molar-refractivity contribution in [3.63, 3.8) is 0 Å². The monoisotopic (exact) mass is 728 g/mol. The third kappa shape index (κ3) is 11.0. The average Bonchev–Trinajstić information content (AvgIpc) is 3.05. The number of carbonyl (C=O) groups is 4. The van der Waals surface area contributed by atoms with E-state index in [1.54, 1.807) is 26.4 Å². The highest BCUT2D eigenvalue weighted by Crippen LogP contribution is 2.46. The highest BCUT2D eigenvalue weighted by Gasteiger charge is 2.61. The molecule has 2 saturated heterocycles. The first-order chi connectivity index (χ1) is 21.9. The summed E-state index contributed by atoms with van der Waals surface area (Å²) in [5.74, 6) is -2.10. The van der Waals surface area contributed by atoms with Gasteiger partial charge in [0.05, 0.1) is 30.7 Å². The molecule has 2 N–H and O–H groups in total. The van der Waals surface area contributed by atoms with E-state index >= 15 is 0 Å². The minimum atomic E-state index is -2.10. The standard InChI is InChI=1S/C28H52N6O8S4/c1-9-13-17-31-22(35)39-28(21-26(5,43-7)29-41-24(37)33(45-31)19-15-11-3)27(6,44-8)30-42-25(38)34(20-16-12-4)46-32(18-14-10-2)23(36)40-28/h29-30H,9-21H2,1-8H3. The summed E-state index contributed by atoms with van der Waals surface area (Å²) in [4.78, 5) is 63.7. The van der Waals surface area contributed by atoms with Crippen LogP contribution < -0.4 is 11.0 Å². The molecule has 2 rings (SSSR count). The minimum Gasteiger partial charge on any atom is -0.402 e. The summed E-state index contributed by atoms with van der Waals surface area (Å²) in [5.41, 5.74) is 5.66. The molecule has 2 heterocycles. The van der Waals surface area contributed by atoms with E-state index in [1.165, 1.54) is 29.0 Å². The lowest BCUT2D eigenvalue weighted by molar-refractivity contribution is -0.221. The van der Waals surface area contributed by atoms with Crippen LogP contribution in [0.15, 0.2) is 0 Å². The Hall–Kier alpha value is -1.60. The Morgan fingerprint density at radius 2 is 1.00 bits per heavy atom. The van der Waals surface area contributed by atoms with E-state index in [1.807, 2.05) is 27.7 Å². The molecule has 1 spiro atoms. The Balaban J connectivity index is 2.75. The number of nitrogens with zero attached hydrogens (tertiary/aromatic N) is 4. The maximum absolute atomic E-state index is 14.2. The van der Waals surface area contributed by atoms with E-state index in [9.17, 15) is 19.2 Å². The molecule has 0 aromatic rings. The fourth-order valence-electron chi connectivity index (χ4n) is 4.21. The normalized spacial score (nSPS) is 27.1. The number of hydrogen-bond acceptors (Lipinski definition) is 14. The van der Waals surface area contributed by atoms with Crippen LogP contribution in [0.25, 0.3) is 0 Å². The molecule has 0 aliphatic carbocycles. The molecule has 0 saturated carbocycles. The Labute approximate surface area is 291 Å². The second-order valence-electron chi connectivity index (χ2n) is 11.3. The minimum absolute atomic E-state index is 0.207. The zero-order valence-electron chi connectivity index (χ0n) is 28.4. The van der Waals surface area contributed by atoms with E-state index in [0.29, 0.717) is 38.8 Å². The molecule has 2 aliphatic rings. The summed E-state index contributed by atoms with van der Waals surface area (Å²) in [6.45, 7) is 12.5. The second-order valence-corrected chi connectivity index (χ2v) is 15.9. The number of unbranched alkanes of at least 4 members (excludes halogenated alkanes) is 4. The number of nitrogens with one attached hydrogen (secondary N) is 2. The maximum atomic E-state index is 14.2. The van der Waals surface area contributed by atoms with E-state index in [0.717, 1.165) is 61.7 Å². The number of thioether (sulfide) groups is 2. The van der Waals surface area contributed by atoms with Gasteiger partial charge in [0.25, 0.3) is 5.79 Å². The highest BCUT2D eigenvalue weighted by molar-refractivity contribution is 8.00. The van der Waals surface area contributed by atoms with Crippen molar-refractivity contribution in [2.75, 3.05) is 38.7 Å². The molecule has 14 nitrogen and oxygen atoms in total. The maximum Gasteiger partial charge on any atom is 0.440 e. The van der Waals surface area contributed by atoms with Crippen molar-refractivity contribution in [2.24, 2.45) is 0 Å². The molecule has 4 amide bonds. The number of amides is 4. The van der Waals surface area contributed by atoms with Crippen LogP contribution in [-0.2, 0) is 19.1 Å². The van der Waals surface area contributed by atoms with Crippen molar-refractivity contribution in [2.45, 2.75) is 115 Å². The summed E-state index contributed by atoms with van der Waals surface area (Å²) in [6.07, 6.45) is 6.12. The molecule has 3 unspecified atom stereocenters. The van der Waals surface area contributed by atoms with Gasteiger partial charge in [-0.05, 0) is 52.0 Å². The second kappa shape index (κ2) is 19.4. The van der Waals surface area contributed by atoms with Crippen molar-refractivity contribution in [1.82, 2.24) is 28.2 Å². The van der Waals surface area contributed by atoms with Crippen molar-refractivity contribution in [1.29, 1.82) is 0 Å². The molecule has 3 atom stereocenters. The molecule has 2 fully saturated rings. The van der Waals surface area contributed by atoms with Crippen LogP contribution in [0.3, 0.4) is 0 Å². The van der Waals surface area contributed by atoms with Crippen molar-refractivity contribution < 1.29 is 38.3 Å². The molecule has 0 aromatic carbocycles. The van der Waals surface area contributed by atoms with Crippen LogP contribution in [0.4, 0.5) is 19.2 Å². The van der Waals surface area contributed by atoms with Gasteiger partial charge in [-0.3, -0.25) is 0 Å². The molecule has 18 heteroatoms. The van der Waals surface area contributed by atoms with Gasteiger partial charge < -0.3 is 19.1 Å². The summed E-state index contributed by atoms with van der Waals surface area (Å²) in [7, 11) is 0. The topological polar surface area (TPSA) is 142 Å². The predicted octanol–water partition coefficient (Wildman–Crippen LogP) is 7.35. The largest absolute Gasteiger partial charge is 0.440 e. The van der Waals surface area contributed by atoms with Gasteiger partial charge in [0.1, 0.15) is 4.87 Å². The van der Waals surface area contributed by atoms with Crippen LogP contribution in [0.1, 0.15) is 99.3 Å². The van der Waals surface area contributed by atoms with Crippen LogP contribution in [0.5, 0.6) is 0 Å². The Morgan fingerprint density at radius 3 is 1.35 bits per heavy atom. The van der Waals surface area contributed by atoms with Crippen LogP contribution in [0.2, 0.25) is 0 Å². The van der Waals surface area contributed by atoms with Crippen LogP contribution >= 0.6 is 47.8 Å². The predicted molar refractivity (Wildman–Crippen MR) is 185 cm³/mol.